The first-order valence-electron chi connectivity index (χ1n) is 11.8. The minimum atomic E-state index is -0.547. The van der Waals surface area contributed by atoms with Crippen LogP contribution in [-0.2, 0) is 16.0 Å². The van der Waals surface area contributed by atoms with Crippen LogP contribution < -0.4 is 0 Å². The number of hydrogen-bond acceptors (Lipinski definition) is 4. The van der Waals surface area contributed by atoms with Crippen molar-refractivity contribution in [1.82, 2.24) is 4.90 Å². The molecule has 1 heterocycles. The Morgan fingerprint density at radius 2 is 1.50 bits per heavy atom. The molecule has 1 aliphatic carbocycles. The smallest absolute Gasteiger partial charge is 0.416 e. The van der Waals surface area contributed by atoms with Crippen molar-refractivity contribution in [2.75, 3.05) is 6.61 Å². The monoisotopic (exact) mass is 452 g/mol. The molecule has 0 N–H and O–H groups in total. The van der Waals surface area contributed by atoms with Gasteiger partial charge >= 0.3 is 6.09 Å². The van der Waals surface area contributed by atoms with Crippen LogP contribution in [-0.4, -0.2) is 35.3 Å². The predicted octanol–water partition coefficient (Wildman–Crippen LogP) is 5.44. The lowest BCUT2D eigenvalue weighted by Gasteiger charge is -2.27. The van der Waals surface area contributed by atoms with Crippen molar-refractivity contribution in [2.45, 2.75) is 32.4 Å². The van der Waals surface area contributed by atoms with Gasteiger partial charge < -0.3 is 4.74 Å². The number of cyclic esters (lactones) is 1. The van der Waals surface area contributed by atoms with Crippen LogP contribution >= 0.6 is 0 Å². The molecule has 172 valence electrons. The fraction of sp³-hybridized carbons (Fsp3) is 0.276. The van der Waals surface area contributed by atoms with Crippen molar-refractivity contribution >= 4 is 17.7 Å². The highest BCUT2D eigenvalue weighted by atomic mass is 16.6. The Kier molecular flexibility index (Phi) is 6.01. The van der Waals surface area contributed by atoms with Gasteiger partial charge in [-0.3, -0.25) is 9.79 Å². The second-order valence-corrected chi connectivity index (χ2v) is 9.26. The predicted molar refractivity (Wildman–Crippen MR) is 132 cm³/mol. The number of amides is 2. The fourth-order valence-corrected chi connectivity index (χ4v) is 4.96. The molecular weight excluding hydrogens is 424 g/mol. The van der Waals surface area contributed by atoms with Crippen molar-refractivity contribution in [3.05, 3.63) is 107 Å². The molecular formula is C29H28N2O3. The van der Waals surface area contributed by atoms with Crippen LogP contribution in [0, 0.1) is 11.8 Å². The van der Waals surface area contributed by atoms with E-state index in [9.17, 15) is 9.59 Å². The van der Waals surface area contributed by atoms with E-state index < -0.39 is 12.0 Å². The number of carbonyl (C=O) groups excluding carboxylic acids is 2. The van der Waals surface area contributed by atoms with E-state index in [1.807, 2.05) is 92.7 Å². The summed E-state index contributed by atoms with van der Waals surface area (Å²) in [5, 5.41) is 0. The van der Waals surface area contributed by atoms with Crippen molar-refractivity contribution in [3.8, 4) is 0 Å². The standard InChI is InChI=1S/C29H28N2O3/c1-19(2)25-18-34-29(33)31(25)28(32)24-17-22-15-9-10-16-23(22)27(24)30-26(20-11-5-3-6-12-20)21-13-7-4-8-14-21/h3-16,19,24-25,27H,17-18H2,1-2H3/t24-,25-,27-/m1/s1. The molecule has 5 nitrogen and oxygen atoms in total. The van der Waals surface area contributed by atoms with Gasteiger partial charge in [-0.25, -0.2) is 9.69 Å². The van der Waals surface area contributed by atoms with E-state index in [1.165, 1.54) is 4.90 Å². The van der Waals surface area contributed by atoms with E-state index >= 15 is 0 Å². The first kappa shape index (κ1) is 22.1. The number of fused-ring (bicyclic) bond motifs is 1. The Morgan fingerprint density at radius 1 is 0.912 bits per heavy atom. The number of aliphatic imine (C=N–C) groups is 1. The van der Waals surface area contributed by atoms with Crippen molar-refractivity contribution in [3.63, 3.8) is 0 Å². The topological polar surface area (TPSA) is 59.0 Å². The van der Waals surface area contributed by atoms with Gasteiger partial charge in [0.25, 0.3) is 0 Å². The first-order chi connectivity index (χ1) is 16.5. The third-order valence-corrected chi connectivity index (χ3v) is 6.79. The van der Waals surface area contributed by atoms with Gasteiger partial charge in [0, 0.05) is 11.1 Å². The molecule has 0 bridgehead atoms. The summed E-state index contributed by atoms with van der Waals surface area (Å²) < 4.78 is 5.28. The molecule has 0 saturated carbocycles. The van der Waals surface area contributed by atoms with Gasteiger partial charge in [-0.15, -0.1) is 0 Å². The Balaban J connectivity index is 1.61. The maximum absolute atomic E-state index is 13.9. The number of ether oxygens (including phenoxy) is 1. The van der Waals surface area contributed by atoms with Crippen molar-refractivity contribution in [1.29, 1.82) is 0 Å². The number of hydrogen-bond donors (Lipinski definition) is 0. The van der Waals surface area contributed by atoms with Crippen LogP contribution in [0.1, 0.15) is 42.1 Å². The zero-order valence-electron chi connectivity index (χ0n) is 19.4. The number of imide groups is 1. The summed E-state index contributed by atoms with van der Waals surface area (Å²) in [6.07, 6.45) is 0.00275. The molecule has 2 amide bonds. The van der Waals surface area contributed by atoms with Crippen LogP contribution in [0.25, 0.3) is 0 Å². The highest BCUT2D eigenvalue weighted by molar-refractivity contribution is 6.13. The summed E-state index contributed by atoms with van der Waals surface area (Å²) in [4.78, 5) is 33.0. The van der Waals surface area contributed by atoms with Crippen molar-refractivity contribution in [2.24, 2.45) is 16.8 Å². The molecule has 0 unspecified atom stereocenters. The van der Waals surface area contributed by atoms with Crippen LogP contribution in [0.15, 0.2) is 89.9 Å². The first-order valence-corrected chi connectivity index (χ1v) is 11.8. The third-order valence-electron chi connectivity index (χ3n) is 6.79. The average Bonchev–Trinajstić information content (AvgIpc) is 3.44. The minimum absolute atomic E-state index is 0.116. The summed E-state index contributed by atoms with van der Waals surface area (Å²) in [7, 11) is 0. The van der Waals surface area contributed by atoms with Crippen LogP contribution in [0.2, 0.25) is 0 Å². The van der Waals surface area contributed by atoms with Gasteiger partial charge in [0.05, 0.1) is 23.7 Å². The molecule has 5 rings (SSSR count). The van der Waals surface area contributed by atoms with E-state index in [0.717, 1.165) is 28.0 Å². The fourth-order valence-electron chi connectivity index (χ4n) is 4.96. The number of rotatable bonds is 5. The van der Waals surface area contributed by atoms with E-state index in [-0.39, 0.29) is 30.5 Å². The van der Waals surface area contributed by atoms with Gasteiger partial charge in [0.2, 0.25) is 5.91 Å². The summed E-state index contributed by atoms with van der Waals surface area (Å²) in [5.74, 6) is -0.552. The summed E-state index contributed by atoms with van der Waals surface area (Å²) in [6.45, 7) is 4.26. The zero-order chi connectivity index (χ0) is 23.7. The van der Waals surface area contributed by atoms with Crippen molar-refractivity contribution < 1.29 is 14.3 Å². The van der Waals surface area contributed by atoms with Gasteiger partial charge in [-0.2, -0.15) is 0 Å². The largest absolute Gasteiger partial charge is 0.447 e. The lowest BCUT2D eigenvalue weighted by atomic mass is 9.95. The van der Waals surface area contributed by atoms with Gasteiger partial charge in [-0.05, 0) is 23.5 Å². The Bertz CT molecular complexity index is 1180. The minimum Gasteiger partial charge on any atom is -0.447 e. The maximum atomic E-state index is 13.9. The lowest BCUT2D eigenvalue weighted by molar-refractivity contribution is -0.134. The Labute approximate surface area is 200 Å². The van der Waals surface area contributed by atoms with Gasteiger partial charge in [0.1, 0.15) is 6.61 Å². The molecule has 1 fully saturated rings. The molecule has 5 heteroatoms. The molecule has 34 heavy (non-hydrogen) atoms. The number of benzene rings is 3. The highest BCUT2D eigenvalue weighted by Crippen LogP contribution is 2.41. The quantitative estimate of drug-likeness (QED) is 0.484. The molecule has 0 radical (unpaired) electrons. The molecule has 1 aliphatic heterocycles. The van der Waals surface area contributed by atoms with Crippen LogP contribution in [0.5, 0.6) is 0 Å². The Hall–Kier alpha value is -3.73. The van der Waals surface area contributed by atoms with E-state index in [4.69, 9.17) is 9.73 Å². The third kappa shape index (κ3) is 4.03. The van der Waals surface area contributed by atoms with Crippen LogP contribution in [0.4, 0.5) is 4.79 Å². The molecule has 0 aromatic heterocycles. The highest BCUT2D eigenvalue weighted by Gasteiger charge is 2.47. The molecule has 3 aromatic carbocycles. The molecule has 0 spiro atoms. The maximum Gasteiger partial charge on any atom is 0.416 e. The molecule has 2 aliphatic rings. The van der Waals surface area contributed by atoms with Gasteiger partial charge in [-0.1, -0.05) is 98.8 Å². The number of nitrogens with zero attached hydrogens (tertiary/aromatic N) is 2. The summed E-state index contributed by atoms with van der Waals surface area (Å²) in [5.41, 5.74) is 4.96. The second-order valence-electron chi connectivity index (χ2n) is 9.26. The van der Waals surface area contributed by atoms with E-state index in [0.29, 0.717) is 6.42 Å². The zero-order valence-corrected chi connectivity index (χ0v) is 19.4. The second kappa shape index (κ2) is 9.26. The molecule has 3 aromatic rings. The van der Waals surface area contributed by atoms with E-state index in [2.05, 4.69) is 6.07 Å². The Morgan fingerprint density at radius 3 is 2.12 bits per heavy atom. The molecule has 3 atom stereocenters. The summed E-state index contributed by atoms with van der Waals surface area (Å²) in [6, 6.07) is 27.5. The SMILES string of the molecule is CC(C)[C@H]1COC(=O)N1C(=O)[C@@H]1Cc2ccccc2[C@H]1N=C(c1ccccc1)c1ccccc1. The van der Waals surface area contributed by atoms with E-state index in [1.54, 1.807) is 0 Å². The van der Waals surface area contributed by atoms with Crippen LogP contribution in [0.3, 0.4) is 0 Å². The average molecular weight is 453 g/mol. The summed E-state index contributed by atoms with van der Waals surface area (Å²) >= 11 is 0. The lowest BCUT2D eigenvalue weighted by Crippen LogP contribution is -2.45. The normalized spacial score (nSPS) is 21.3. The number of carbonyl (C=O) groups is 2. The molecule has 1 saturated heterocycles. The van der Waals surface area contributed by atoms with Gasteiger partial charge in [0.15, 0.2) is 0 Å².